The van der Waals surface area contributed by atoms with Crippen LogP contribution in [0.4, 0.5) is 11.4 Å². The fourth-order valence-corrected chi connectivity index (χ4v) is 6.16. The van der Waals surface area contributed by atoms with Crippen molar-refractivity contribution in [2.24, 2.45) is 0 Å². The molecule has 2 amide bonds. The van der Waals surface area contributed by atoms with E-state index >= 15 is 0 Å². The zero-order chi connectivity index (χ0) is 30.1. The molecule has 218 valence electrons. The first-order chi connectivity index (χ1) is 20.2. The smallest absolute Gasteiger partial charge is 0.264 e. The Labute approximate surface area is 251 Å². The lowest BCUT2D eigenvalue weighted by atomic mass is 10.1. The van der Waals surface area contributed by atoms with Gasteiger partial charge in [0.2, 0.25) is 5.91 Å². The summed E-state index contributed by atoms with van der Waals surface area (Å²) in [6, 6.07) is 29.0. The average Bonchev–Trinajstić information content (AvgIpc) is 3.01. The van der Waals surface area contributed by atoms with Crippen molar-refractivity contribution in [1.29, 1.82) is 0 Å². The Morgan fingerprint density at radius 1 is 0.881 bits per heavy atom. The van der Waals surface area contributed by atoms with Crippen molar-refractivity contribution < 1.29 is 22.7 Å². The van der Waals surface area contributed by atoms with E-state index in [1.165, 1.54) is 23.9 Å². The topological polar surface area (TPSA) is 105 Å². The zero-order valence-corrected chi connectivity index (χ0v) is 25.2. The van der Waals surface area contributed by atoms with E-state index in [9.17, 15) is 18.0 Å². The fourth-order valence-electron chi connectivity index (χ4n) is 4.33. The van der Waals surface area contributed by atoms with E-state index in [2.05, 4.69) is 10.6 Å². The highest BCUT2D eigenvalue weighted by molar-refractivity contribution is 7.98. The summed E-state index contributed by atoms with van der Waals surface area (Å²) in [6.07, 6.45) is 1.90. The zero-order valence-electron chi connectivity index (χ0n) is 23.6. The van der Waals surface area contributed by atoms with E-state index < -0.39 is 22.5 Å². The van der Waals surface area contributed by atoms with Crippen molar-refractivity contribution in [2.75, 3.05) is 29.0 Å². The van der Waals surface area contributed by atoms with Gasteiger partial charge in [-0.15, -0.1) is 11.8 Å². The third-order valence-electron chi connectivity index (χ3n) is 6.46. The molecule has 0 aliphatic heterocycles. The van der Waals surface area contributed by atoms with Crippen molar-refractivity contribution in [3.05, 3.63) is 114 Å². The van der Waals surface area contributed by atoms with E-state index in [1.807, 2.05) is 43.5 Å². The average molecular weight is 604 g/mol. The van der Waals surface area contributed by atoms with Crippen molar-refractivity contribution in [2.45, 2.75) is 29.7 Å². The number of hydrogen-bond acceptors (Lipinski definition) is 6. The van der Waals surface area contributed by atoms with Gasteiger partial charge >= 0.3 is 0 Å². The molecule has 0 saturated heterocycles. The van der Waals surface area contributed by atoms with Crippen LogP contribution >= 0.6 is 11.8 Å². The van der Waals surface area contributed by atoms with Crippen LogP contribution in [0, 0.1) is 0 Å². The molecule has 0 aliphatic rings. The van der Waals surface area contributed by atoms with E-state index in [1.54, 1.807) is 67.6 Å². The number of sulfonamides is 1. The van der Waals surface area contributed by atoms with Gasteiger partial charge in [0.05, 0.1) is 34.5 Å². The molecule has 4 rings (SSSR count). The first-order valence-corrected chi connectivity index (χ1v) is 16.0. The molecule has 10 heteroatoms. The Kier molecular flexibility index (Phi) is 10.3. The number of nitrogens with one attached hydrogen (secondary N) is 2. The standard InChI is InChI=1S/C32H33N3O5S2/c1-4-40-30-17-11-10-16-29(30)35(42(38,39)26-20-18-25(41-3)19-21-26)22-31(36)34-28-15-9-8-14-27(28)32(37)33-23(2)24-12-6-5-7-13-24/h5-21,23H,4,22H2,1-3H3,(H,33,37)(H,34,36)/t23-/m0/s1. The third-order valence-corrected chi connectivity index (χ3v) is 8.98. The molecule has 0 saturated carbocycles. The lowest BCUT2D eigenvalue weighted by molar-refractivity contribution is -0.114. The van der Waals surface area contributed by atoms with Crippen LogP contribution in [0.1, 0.15) is 35.8 Å². The van der Waals surface area contributed by atoms with Crippen molar-refractivity contribution in [3.8, 4) is 5.75 Å². The van der Waals surface area contributed by atoms with Gasteiger partial charge in [-0.1, -0.05) is 54.6 Å². The van der Waals surface area contributed by atoms with Gasteiger partial charge in [-0.3, -0.25) is 13.9 Å². The molecule has 4 aromatic carbocycles. The molecule has 2 N–H and O–H groups in total. The Morgan fingerprint density at radius 2 is 1.52 bits per heavy atom. The largest absolute Gasteiger partial charge is 0.492 e. The minimum Gasteiger partial charge on any atom is -0.492 e. The summed E-state index contributed by atoms with van der Waals surface area (Å²) >= 11 is 1.49. The van der Waals surface area contributed by atoms with Crippen molar-refractivity contribution in [1.82, 2.24) is 5.32 Å². The molecule has 0 heterocycles. The molecule has 0 aromatic heterocycles. The second-order valence-corrected chi connectivity index (χ2v) is 12.0. The Hall–Kier alpha value is -4.28. The van der Waals surface area contributed by atoms with Gasteiger partial charge in [0.15, 0.2) is 0 Å². The Balaban J connectivity index is 1.62. The minimum atomic E-state index is -4.18. The highest BCUT2D eigenvalue weighted by Gasteiger charge is 2.30. The summed E-state index contributed by atoms with van der Waals surface area (Å²) in [5.41, 5.74) is 1.68. The highest BCUT2D eigenvalue weighted by Crippen LogP contribution is 2.33. The number of para-hydroxylation sites is 3. The van der Waals surface area contributed by atoms with Crippen LogP contribution in [0.5, 0.6) is 5.75 Å². The highest BCUT2D eigenvalue weighted by atomic mass is 32.2. The van der Waals surface area contributed by atoms with Crippen LogP contribution < -0.4 is 19.7 Å². The van der Waals surface area contributed by atoms with Crippen LogP contribution in [0.25, 0.3) is 0 Å². The van der Waals surface area contributed by atoms with Gasteiger partial charge in [-0.2, -0.15) is 0 Å². The lowest BCUT2D eigenvalue weighted by Crippen LogP contribution is -2.38. The second kappa shape index (κ2) is 14.1. The van der Waals surface area contributed by atoms with Crippen molar-refractivity contribution >= 4 is 45.0 Å². The number of anilines is 2. The normalized spacial score (nSPS) is 11.8. The molecule has 0 radical (unpaired) electrons. The van der Waals surface area contributed by atoms with Crippen LogP contribution in [0.3, 0.4) is 0 Å². The number of nitrogens with zero attached hydrogens (tertiary/aromatic N) is 1. The molecule has 0 aliphatic carbocycles. The predicted molar refractivity (Wildman–Crippen MR) is 168 cm³/mol. The number of ether oxygens (including phenoxy) is 1. The monoisotopic (exact) mass is 603 g/mol. The lowest BCUT2D eigenvalue weighted by Gasteiger charge is -2.26. The van der Waals surface area contributed by atoms with Gasteiger partial charge in [0.25, 0.3) is 15.9 Å². The molecule has 0 fully saturated rings. The van der Waals surface area contributed by atoms with E-state index in [0.29, 0.717) is 12.4 Å². The first kappa shape index (κ1) is 30.7. The maximum atomic E-state index is 13.9. The Morgan fingerprint density at radius 3 is 2.21 bits per heavy atom. The molecule has 0 spiro atoms. The van der Waals surface area contributed by atoms with Gasteiger partial charge in [0, 0.05) is 4.90 Å². The Bertz CT molecular complexity index is 1630. The summed E-state index contributed by atoms with van der Waals surface area (Å²) in [4.78, 5) is 27.6. The van der Waals surface area contributed by atoms with Crippen molar-refractivity contribution in [3.63, 3.8) is 0 Å². The molecule has 0 bridgehead atoms. The van der Waals surface area contributed by atoms with Crippen LogP contribution in [0.2, 0.25) is 0 Å². The maximum Gasteiger partial charge on any atom is 0.264 e. The number of thioether (sulfide) groups is 1. The second-order valence-electron chi connectivity index (χ2n) is 9.29. The number of amides is 2. The minimum absolute atomic E-state index is 0.0362. The number of hydrogen-bond donors (Lipinski definition) is 2. The van der Waals surface area contributed by atoms with Gasteiger partial charge in [0.1, 0.15) is 12.3 Å². The van der Waals surface area contributed by atoms with E-state index in [-0.39, 0.29) is 33.8 Å². The molecule has 1 atom stereocenters. The van der Waals surface area contributed by atoms with Gasteiger partial charge in [-0.05, 0) is 74.2 Å². The number of carbonyl (C=O) groups excluding carboxylic acids is 2. The van der Waals surface area contributed by atoms with Gasteiger partial charge in [-0.25, -0.2) is 8.42 Å². The van der Waals surface area contributed by atoms with E-state index in [0.717, 1.165) is 14.8 Å². The summed E-state index contributed by atoms with van der Waals surface area (Å²) in [7, 11) is -4.18. The maximum absolute atomic E-state index is 13.9. The SMILES string of the molecule is CCOc1ccccc1N(CC(=O)Nc1ccccc1C(=O)N[C@@H](C)c1ccccc1)S(=O)(=O)c1ccc(SC)cc1. The molecular formula is C32H33N3O5S2. The van der Waals surface area contributed by atoms with Crippen LogP contribution in [-0.2, 0) is 14.8 Å². The fraction of sp³-hybridized carbons (Fsp3) is 0.188. The molecule has 0 unspecified atom stereocenters. The molecular weight excluding hydrogens is 571 g/mol. The number of carbonyl (C=O) groups is 2. The summed E-state index contributed by atoms with van der Waals surface area (Å²) in [5.74, 6) is -0.670. The van der Waals surface area contributed by atoms with Gasteiger partial charge < -0.3 is 15.4 Å². The quantitative estimate of drug-likeness (QED) is 0.189. The first-order valence-electron chi connectivity index (χ1n) is 13.4. The van der Waals surface area contributed by atoms with Crippen LogP contribution in [0.15, 0.2) is 113 Å². The third kappa shape index (κ3) is 7.32. The summed E-state index contributed by atoms with van der Waals surface area (Å²) in [5, 5.41) is 5.70. The summed E-state index contributed by atoms with van der Waals surface area (Å²) < 4.78 is 34.6. The predicted octanol–water partition coefficient (Wildman–Crippen LogP) is 6.13. The molecule has 4 aromatic rings. The number of rotatable bonds is 12. The summed E-state index contributed by atoms with van der Waals surface area (Å²) in [6.45, 7) is 3.43. The van der Waals surface area contributed by atoms with Crippen LogP contribution in [-0.4, -0.2) is 39.6 Å². The number of benzene rings is 4. The molecule has 8 nitrogen and oxygen atoms in total. The van der Waals surface area contributed by atoms with E-state index in [4.69, 9.17) is 4.74 Å². The molecule has 42 heavy (non-hydrogen) atoms.